The molecular formula is C37H44ClNO6. The molecule has 0 amide bonds. The lowest BCUT2D eigenvalue weighted by Crippen LogP contribution is -2.79. The van der Waals surface area contributed by atoms with Gasteiger partial charge in [0.05, 0.1) is 23.4 Å². The zero-order chi connectivity index (χ0) is 31.2. The number of benzene rings is 1. The van der Waals surface area contributed by atoms with E-state index >= 15 is 0 Å². The molecule has 1 aromatic heterocycles. The summed E-state index contributed by atoms with van der Waals surface area (Å²) in [5.74, 6) is 0.0764. The SMILES string of the molecule is C=C1Cc2c(Cl)cc3[nH]c4c5c3c2[C@@]2(O)[C@@H]1C[C@@H]2C(C)(C)O[C@H]5C1CC[C@@]2(O)[C@@]35O[C@@H]3[C@H]3OC(C)(C)[C@H]3O[C@H]5CC[C@]2(C)[C@@]41C. The molecule has 11 rings (SSSR count). The molecule has 0 bridgehead atoms. The normalized spacial score (nSPS) is 54.7. The Kier molecular flexibility index (Phi) is 4.44. The highest BCUT2D eigenvalue weighted by Crippen LogP contribution is 2.78. The first-order chi connectivity index (χ1) is 21.1. The van der Waals surface area contributed by atoms with Gasteiger partial charge in [-0.3, -0.25) is 0 Å². The number of aliphatic hydroxyl groups is 2. The van der Waals surface area contributed by atoms with Crippen LogP contribution in [0, 0.1) is 23.2 Å². The van der Waals surface area contributed by atoms with Crippen LogP contribution in [0.3, 0.4) is 0 Å². The van der Waals surface area contributed by atoms with Crippen molar-refractivity contribution in [3.05, 3.63) is 45.6 Å². The summed E-state index contributed by atoms with van der Waals surface area (Å²) in [5, 5.41) is 27.9. The molecule has 240 valence electrons. The molecule has 3 N–H and O–H groups in total. The number of epoxide rings is 1. The van der Waals surface area contributed by atoms with Crippen molar-refractivity contribution in [2.75, 3.05) is 0 Å². The second-order valence-electron chi connectivity index (χ2n) is 17.8. The lowest BCUT2D eigenvalue weighted by molar-refractivity contribution is -0.345. The number of hydrogen-bond acceptors (Lipinski definition) is 6. The van der Waals surface area contributed by atoms with E-state index in [0.29, 0.717) is 17.9 Å². The van der Waals surface area contributed by atoms with E-state index in [1.165, 1.54) is 5.56 Å². The van der Waals surface area contributed by atoms with Gasteiger partial charge in [0.1, 0.15) is 29.5 Å². The van der Waals surface area contributed by atoms with Crippen molar-refractivity contribution in [3.8, 4) is 0 Å². The first-order valence-electron chi connectivity index (χ1n) is 17.3. The third-order valence-corrected chi connectivity index (χ3v) is 16.2. The van der Waals surface area contributed by atoms with E-state index in [4.69, 9.17) is 30.5 Å². The van der Waals surface area contributed by atoms with Crippen LogP contribution in [0.5, 0.6) is 0 Å². The number of fused-ring (bicyclic) bond motifs is 7. The molecule has 3 saturated heterocycles. The van der Waals surface area contributed by atoms with Gasteiger partial charge in [0.25, 0.3) is 0 Å². The highest BCUT2D eigenvalue weighted by Gasteiger charge is 2.88. The average molecular weight is 634 g/mol. The molecule has 3 saturated carbocycles. The maximum atomic E-state index is 13.3. The fourth-order valence-electron chi connectivity index (χ4n) is 13.5. The van der Waals surface area contributed by atoms with Crippen LogP contribution < -0.4 is 0 Å². The number of halogens is 1. The Morgan fingerprint density at radius 1 is 0.978 bits per heavy atom. The molecule has 6 fully saturated rings. The molecule has 5 heterocycles. The van der Waals surface area contributed by atoms with Gasteiger partial charge in [-0.1, -0.05) is 37.6 Å². The van der Waals surface area contributed by atoms with Crippen LogP contribution in [0.2, 0.25) is 5.02 Å². The van der Waals surface area contributed by atoms with Crippen LogP contribution in [-0.2, 0) is 36.4 Å². The maximum absolute atomic E-state index is 13.3. The second kappa shape index (κ2) is 7.27. The number of nitrogens with one attached hydrogen (secondary N) is 1. The lowest BCUT2D eigenvalue weighted by Gasteiger charge is -2.68. The Hall–Kier alpha value is -1.45. The monoisotopic (exact) mass is 633 g/mol. The molecule has 4 aliphatic heterocycles. The van der Waals surface area contributed by atoms with Crippen LogP contribution in [0.4, 0.5) is 0 Å². The molecule has 0 radical (unpaired) electrons. The van der Waals surface area contributed by atoms with Crippen molar-refractivity contribution >= 4 is 22.5 Å². The Balaban J connectivity index is 1.14. The number of H-pyrrole nitrogens is 1. The van der Waals surface area contributed by atoms with Crippen molar-refractivity contribution in [1.29, 1.82) is 0 Å². The maximum Gasteiger partial charge on any atom is 0.152 e. The molecule has 8 heteroatoms. The summed E-state index contributed by atoms with van der Waals surface area (Å²) in [7, 11) is 0. The average Bonchev–Trinajstić information content (AvgIpc) is 3.53. The summed E-state index contributed by atoms with van der Waals surface area (Å²) in [6.45, 7) is 17.6. The minimum Gasteiger partial charge on any atom is -0.386 e. The molecular weight excluding hydrogens is 590 g/mol. The molecule has 7 nitrogen and oxygen atoms in total. The fraction of sp³-hybridized carbons (Fsp3) is 0.730. The minimum atomic E-state index is -1.11. The number of ether oxygens (including phenoxy) is 4. The third-order valence-electron chi connectivity index (χ3n) is 15.8. The number of aromatic amines is 1. The largest absolute Gasteiger partial charge is 0.386 e. The Morgan fingerprint density at radius 2 is 1.76 bits per heavy atom. The van der Waals surface area contributed by atoms with E-state index in [2.05, 4.69) is 59.2 Å². The predicted octanol–water partition coefficient (Wildman–Crippen LogP) is 5.90. The van der Waals surface area contributed by atoms with E-state index in [-0.39, 0.29) is 53.9 Å². The van der Waals surface area contributed by atoms with E-state index in [1.807, 2.05) is 0 Å². The fourth-order valence-corrected chi connectivity index (χ4v) is 13.8. The standard InChI is InChI=1S/C37H44ClNO6/c1-15-12-16-19(38)14-20-23-24-26(43-31(2,3)21-13-18(15)36(21,41)25(16)23)17-8-11-35(40)33(6,34(17,7)28(24)39-20)10-9-22-37(35)30(45-37)27-29(42-22)32(4,5)44-27/h14,17-18,21-22,26-27,29-30,39-41H,1,8-13H2,2-7H3/t17?,18-,21-,22+,26+,27+,29+,30-,33-,34-,35+,36-,37+/m1/s1. The lowest BCUT2D eigenvalue weighted by atomic mass is 9.40. The van der Waals surface area contributed by atoms with Gasteiger partial charge in [0.2, 0.25) is 0 Å². The number of aromatic nitrogens is 1. The van der Waals surface area contributed by atoms with Crippen molar-refractivity contribution in [3.63, 3.8) is 0 Å². The first-order valence-corrected chi connectivity index (χ1v) is 17.6. The zero-order valence-electron chi connectivity index (χ0n) is 27.1. The van der Waals surface area contributed by atoms with Crippen LogP contribution >= 0.6 is 11.6 Å². The van der Waals surface area contributed by atoms with Crippen molar-refractivity contribution < 1.29 is 29.2 Å². The molecule has 9 aliphatic rings. The topological polar surface area (TPSA) is 96.5 Å². The summed E-state index contributed by atoms with van der Waals surface area (Å²) in [5.41, 5.74) is 1.50. The third kappa shape index (κ3) is 2.46. The summed E-state index contributed by atoms with van der Waals surface area (Å²) in [6.07, 6.45) is 4.02. The first kappa shape index (κ1) is 27.5. The smallest absolute Gasteiger partial charge is 0.152 e. The van der Waals surface area contributed by atoms with Gasteiger partial charge in [0.15, 0.2) is 5.60 Å². The van der Waals surface area contributed by atoms with E-state index in [1.54, 1.807) is 0 Å². The highest BCUT2D eigenvalue weighted by atomic mass is 35.5. The van der Waals surface area contributed by atoms with Crippen LogP contribution in [0.15, 0.2) is 18.2 Å². The summed E-state index contributed by atoms with van der Waals surface area (Å²) in [6, 6.07) is 2.05. The van der Waals surface area contributed by atoms with Gasteiger partial charge in [0, 0.05) is 55.8 Å². The minimum absolute atomic E-state index is 0.00401. The van der Waals surface area contributed by atoms with Crippen molar-refractivity contribution in [2.24, 2.45) is 23.2 Å². The van der Waals surface area contributed by atoms with Crippen LogP contribution in [0.1, 0.15) is 102 Å². The second-order valence-corrected chi connectivity index (χ2v) is 18.2. The van der Waals surface area contributed by atoms with Crippen molar-refractivity contribution in [2.45, 2.75) is 144 Å². The van der Waals surface area contributed by atoms with Crippen LogP contribution in [0.25, 0.3) is 10.9 Å². The molecule has 1 spiro atoms. The molecule has 1 aromatic carbocycles. The van der Waals surface area contributed by atoms with E-state index in [0.717, 1.165) is 59.0 Å². The summed E-state index contributed by atoms with van der Waals surface area (Å²) in [4.78, 5) is 3.91. The Bertz CT molecular complexity index is 1820. The molecule has 5 aliphatic carbocycles. The summed E-state index contributed by atoms with van der Waals surface area (Å²) < 4.78 is 27.2. The zero-order valence-corrected chi connectivity index (χ0v) is 27.8. The van der Waals surface area contributed by atoms with Gasteiger partial charge < -0.3 is 34.1 Å². The van der Waals surface area contributed by atoms with Gasteiger partial charge in [-0.2, -0.15) is 0 Å². The van der Waals surface area contributed by atoms with Crippen LogP contribution in [-0.4, -0.2) is 62.0 Å². The summed E-state index contributed by atoms with van der Waals surface area (Å²) >= 11 is 7.08. The van der Waals surface area contributed by atoms with Gasteiger partial charge in [-0.15, -0.1) is 0 Å². The number of hydrogen-bond donors (Lipinski definition) is 3. The van der Waals surface area contributed by atoms with Gasteiger partial charge >= 0.3 is 0 Å². The Labute approximate surface area is 269 Å². The van der Waals surface area contributed by atoms with E-state index in [9.17, 15) is 10.2 Å². The Morgan fingerprint density at radius 3 is 2.51 bits per heavy atom. The van der Waals surface area contributed by atoms with Gasteiger partial charge in [-0.05, 0) is 83.4 Å². The van der Waals surface area contributed by atoms with E-state index < -0.39 is 33.2 Å². The predicted molar refractivity (Wildman–Crippen MR) is 167 cm³/mol. The molecule has 2 aromatic rings. The van der Waals surface area contributed by atoms with Crippen molar-refractivity contribution in [1.82, 2.24) is 4.98 Å². The highest BCUT2D eigenvalue weighted by molar-refractivity contribution is 6.32. The molecule has 1 unspecified atom stereocenters. The molecule has 13 atom stereocenters. The quantitative estimate of drug-likeness (QED) is 0.247. The van der Waals surface area contributed by atoms with Gasteiger partial charge in [-0.25, -0.2) is 0 Å². The number of rotatable bonds is 0. The molecule has 45 heavy (non-hydrogen) atoms.